The average molecular weight is 397 g/mol. The van der Waals surface area contributed by atoms with E-state index in [-0.39, 0.29) is 27.7 Å². The number of para-hydroxylation sites is 1. The van der Waals surface area contributed by atoms with Gasteiger partial charge < -0.3 is 5.32 Å². The van der Waals surface area contributed by atoms with E-state index in [0.29, 0.717) is 4.31 Å². The summed E-state index contributed by atoms with van der Waals surface area (Å²) < 4.78 is 38.8. The van der Waals surface area contributed by atoms with Crippen molar-refractivity contribution in [2.75, 3.05) is 15.4 Å². The third kappa shape index (κ3) is 3.30. The molecule has 1 saturated heterocycles. The normalized spacial score (nSPS) is 18.8. The summed E-state index contributed by atoms with van der Waals surface area (Å²) >= 11 is 6.06. The molecule has 3 rings (SSSR count). The zero-order chi connectivity index (χ0) is 19.1. The van der Waals surface area contributed by atoms with Gasteiger partial charge in [0.2, 0.25) is 15.9 Å². The lowest BCUT2D eigenvalue weighted by Gasteiger charge is -2.18. The van der Waals surface area contributed by atoms with E-state index in [1.807, 2.05) is 0 Å². The molecule has 0 aliphatic carbocycles. The molecule has 1 N–H and O–H groups in total. The molecule has 1 aliphatic heterocycles. The molecule has 2 aromatic rings. The summed E-state index contributed by atoms with van der Waals surface area (Å²) in [6.07, 6.45) is 0. The highest BCUT2D eigenvalue weighted by atomic mass is 35.5. The summed E-state index contributed by atoms with van der Waals surface area (Å²) in [5, 5.41) is 2.41. The fraction of sp³-hybridized carbons (Fsp3) is 0.176. The second kappa shape index (κ2) is 6.69. The van der Waals surface area contributed by atoms with Gasteiger partial charge >= 0.3 is 0 Å². The van der Waals surface area contributed by atoms with Crippen LogP contribution >= 0.6 is 11.6 Å². The topological polar surface area (TPSA) is 83.6 Å². The molecule has 0 spiro atoms. The maximum atomic E-state index is 13.7. The van der Waals surface area contributed by atoms with Crippen molar-refractivity contribution in [3.8, 4) is 0 Å². The Hall–Kier alpha value is -2.45. The molecule has 1 fully saturated rings. The van der Waals surface area contributed by atoms with Crippen molar-refractivity contribution in [1.29, 1.82) is 0 Å². The molecular weight excluding hydrogens is 383 g/mol. The molecule has 1 atom stereocenters. The molecule has 6 nitrogen and oxygen atoms in total. The molecule has 26 heavy (non-hydrogen) atoms. The Balaban J connectivity index is 1.97. The molecule has 1 unspecified atom stereocenters. The summed E-state index contributed by atoms with van der Waals surface area (Å²) in [6.45, 7) is 1.50. The number of sulfonamides is 1. The van der Waals surface area contributed by atoms with Crippen LogP contribution in [-0.4, -0.2) is 26.0 Å². The van der Waals surface area contributed by atoms with E-state index >= 15 is 0 Å². The molecule has 136 valence electrons. The van der Waals surface area contributed by atoms with Gasteiger partial charge in [-0.05, 0) is 30.3 Å². The average Bonchev–Trinajstić information content (AvgIpc) is 2.78. The molecule has 0 saturated carbocycles. The Bertz CT molecular complexity index is 1010. The van der Waals surface area contributed by atoms with E-state index in [2.05, 4.69) is 5.32 Å². The lowest BCUT2D eigenvalue weighted by Crippen LogP contribution is -2.30. The minimum absolute atomic E-state index is 0.0125. The largest absolute Gasteiger partial charge is 0.319 e. The van der Waals surface area contributed by atoms with Gasteiger partial charge in [0, 0.05) is 5.56 Å². The van der Waals surface area contributed by atoms with Crippen molar-refractivity contribution in [2.45, 2.75) is 6.92 Å². The van der Waals surface area contributed by atoms with Crippen molar-refractivity contribution in [3.63, 3.8) is 0 Å². The van der Waals surface area contributed by atoms with Crippen molar-refractivity contribution < 1.29 is 22.4 Å². The lowest BCUT2D eigenvalue weighted by atomic mass is 10.1. The summed E-state index contributed by atoms with van der Waals surface area (Å²) in [7, 11) is -3.86. The van der Waals surface area contributed by atoms with Crippen molar-refractivity contribution >= 4 is 44.8 Å². The van der Waals surface area contributed by atoms with Crippen LogP contribution in [0.25, 0.3) is 0 Å². The highest BCUT2D eigenvalue weighted by Crippen LogP contribution is 2.34. The van der Waals surface area contributed by atoms with Crippen molar-refractivity contribution in [1.82, 2.24) is 0 Å². The van der Waals surface area contributed by atoms with Gasteiger partial charge in [0.05, 0.1) is 28.1 Å². The molecule has 2 amide bonds. The van der Waals surface area contributed by atoms with E-state index in [0.717, 1.165) is 0 Å². The number of nitrogens with one attached hydrogen (secondary N) is 1. The molecule has 1 aliphatic rings. The van der Waals surface area contributed by atoms with Crippen LogP contribution < -0.4 is 9.62 Å². The first-order valence-corrected chi connectivity index (χ1v) is 9.61. The number of nitrogens with zero attached hydrogens (tertiary/aromatic N) is 1. The van der Waals surface area contributed by atoms with E-state index in [1.54, 1.807) is 6.07 Å². The van der Waals surface area contributed by atoms with Crippen LogP contribution in [0.3, 0.4) is 0 Å². The Kier molecular flexibility index (Phi) is 4.72. The summed E-state index contributed by atoms with van der Waals surface area (Å²) in [5.41, 5.74) is -0.0788. The van der Waals surface area contributed by atoms with Gasteiger partial charge in [0.25, 0.3) is 5.91 Å². The third-order valence-corrected chi connectivity index (χ3v) is 6.08. The van der Waals surface area contributed by atoms with E-state index in [4.69, 9.17) is 11.6 Å². The van der Waals surface area contributed by atoms with Crippen LogP contribution in [0.15, 0.2) is 42.5 Å². The smallest absolute Gasteiger partial charge is 0.255 e. The Morgan fingerprint density at radius 2 is 1.96 bits per heavy atom. The minimum Gasteiger partial charge on any atom is -0.319 e. The Morgan fingerprint density at radius 3 is 2.58 bits per heavy atom. The third-order valence-electron chi connectivity index (χ3n) is 3.91. The maximum Gasteiger partial charge on any atom is 0.255 e. The molecule has 0 aromatic heterocycles. The van der Waals surface area contributed by atoms with E-state index in [9.17, 15) is 22.4 Å². The SMILES string of the molecule is CC1CS(=O)(=O)N(c2cc(C(=O)Nc3ccccc3F)ccc2Cl)C1=O. The zero-order valence-electron chi connectivity index (χ0n) is 13.6. The van der Waals surface area contributed by atoms with Crippen molar-refractivity contribution in [2.24, 2.45) is 5.92 Å². The van der Waals surface area contributed by atoms with Crippen LogP contribution in [0, 0.1) is 11.7 Å². The Labute approximate surface area is 154 Å². The monoisotopic (exact) mass is 396 g/mol. The molecule has 0 bridgehead atoms. The van der Waals surface area contributed by atoms with Gasteiger partial charge in [-0.25, -0.2) is 17.1 Å². The van der Waals surface area contributed by atoms with Crippen LogP contribution in [0.4, 0.5) is 15.8 Å². The van der Waals surface area contributed by atoms with Crippen LogP contribution in [0.2, 0.25) is 5.02 Å². The summed E-state index contributed by atoms with van der Waals surface area (Å²) in [6, 6.07) is 9.50. The second-order valence-electron chi connectivity index (χ2n) is 5.88. The zero-order valence-corrected chi connectivity index (χ0v) is 15.1. The molecule has 9 heteroatoms. The van der Waals surface area contributed by atoms with Gasteiger partial charge in [0.1, 0.15) is 5.82 Å². The standard InChI is InChI=1S/C17H14ClFN2O4S/c1-10-9-26(24,25)21(17(10)23)15-8-11(6-7-12(15)18)16(22)20-14-5-3-2-4-13(14)19/h2-8,10H,9H2,1H3,(H,20,22). The van der Waals surface area contributed by atoms with Crippen molar-refractivity contribution in [3.05, 3.63) is 58.9 Å². The predicted octanol–water partition coefficient (Wildman–Crippen LogP) is 3.04. The number of anilines is 2. The first kappa shape index (κ1) is 18.3. The first-order valence-electron chi connectivity index (χ1n) is 7.63. The quantitative estimate of drug-likeness (QED) is 0.864. The Morgan fingerprint density at radius 1 is 1.27 bits per heavy atom. The van der Waals surface area contributed by atoms with Gasteiger partial charge in [-0.3, -0.25) is 9.59 Å². The first-order chi connectivity index (χ1) is 12.2. The minimum atomic E-state index is -3.86. The van der Waals surface area contributed by atoms with E-state index < -0.39 is 33.6 Å². The highest BCUT2D eigenvalue weighted by Gasteiger charge is 2.43. The fourth-order valence-electron chi connectivity index (χ4n) is 2.63. The van der Waals surface area contributed by atoms with Gasteiger partial charge in [-0.15, -0.1) is 0 Å². The number of carbonyl (C=O) groups is 2. The number of halogens is 2. The predicted molar refractivity (Wildman–Crippen MR) is 96.2 cm³/mol. The number of carbonyl (C=O) groups excluding carboxylic acids is 2. The molecule has 2 aromatic carbocycles. The highest BCUT2D eigenvalue weighted by molar-refractivity contribution is 7.94. The maximum absolute atomic E-state index is 13.7. The van der Waals surface area contributed by atoms with Gasteiger partial charge in [-0.1, -0.05) is 30.7 Å². The van der Waals surface area contributed by atoms with Crippen LogP contribution in [0.5, 0.6) is 0 Å². The summed E-state index contributed by atoms with van der Waals surface area (Å²) in [5.74, 6) is -2.91. The van der Waals surface area contributed by atoms with Crippen LogP contribution in [-0.2, 0) is 14.8 Å². The van der Waals surface area contributed by atoms with E-state index in [1.165, 1.54) is 43.3 Å². The molecule has 1 heterocycles. The van der Waals surface area contributed by atoms with Crippen LogP contribution in [0.1, 0.15) is 17.3 Å². The van der Waals surface area contributed by atoms with Gasteiger partial charge in [0.15, 0.2) is 0 Å². The fourth-order valence-corrected chi connectivity index (χ4v) is 4.71. The number of rotatable bonds is 3. The number of hydrogen-bond acceptors (Lipinski definition) is 4. The number of hydrogen-bond donors (Lipinski definition) is 1. The number of benzene rings is 2. The molecule has 0 radical (unpaired) electrons. The number of amides is 2. The summed E-state index contributed by atoms with van der Waals surface area (Å²) in [4.78, 5) is 24.6. The van der Waals surface area contributed by atoms with Gasteiger partial charge in [-0.2, -0.15) is 0 Å². The molecular formula is C17H14ClFN2O4S. The lowest BCUT2D eigenvalue weighted by molar-refractivity contribution is -0.119. The second-order valence-corrected chi connectivity index (χ2v) is 8.15.